The van der Waals surface area contributed by atoms with Crippen molar-refractivity contribution >= 4 is 53.7 Å². The molecular weight excluding hydrogens is 348 g/mol. The Morgan fingerprint density at radius 1 is 1.27 bits per heavy atom. The van der Waals surface area contributed by atoms with Gasteiger partial charge in [0.1, 0.15) is 5.69 Å². The van der Waals surface area contributed by atoms with E-state index in [1.165, 1.54) is 23.6 Å². The lowest BCUT2D eigenvalue weighted by Crippen LogP contribution is -2.24. The van der Waals surface area contributed by atoms with Gasteiger partial charge in [-0.1, -0.05) is 23.5 Å². The average molecular weight is 357 g/mol. The highest BCUT2D eigenvalue weighted by Gasteiger charge is 2.23. The first kappa shape index (κ1) is 15.0. The highest BCUT2D eigenvalue weighted by Crippen LogP contribution is 2.35. The Balaban J connectivity index is 2.37. The molecule has 114 valence electrons. The molecule has 2 heterocycles. The number of nitrogens with zero attached hydrogens (tertiary/aromatic N) is 2. The van der Waals surface area contributed by atoms with Crippen LogP contribution in [0.15, 0.2) is 30.5 Å². The second kappa shape index (κ2) is 5.06. The maximum absolute atomic E-state index is 11.7. The van der Waals surface area contributed by atoms with Crippen LogP contribution in [0.1, 0.15) is 10.5 Å². The normalized spacial score (nSPS) is 11.9. The van der Waals surface area contributed by atoms with Crippen LogP contribution in [0.3, 0.4) is 0 Å². The zero-order chi connectivity index (χ0) is 16.1. The van der Waals surface area contributed by atoms with Gasteiger partial charge < -0.3 is 5.73 Å². The van der Waals surface area contributed by atoms with Crippen LogP contribution >= 0.6 is 22.9 Å². The van der Waals surface area contributed by atoms with Crippen LogP contribution in [0, 0.1) is 0 Å². The lowest BCUT2D eigenvalue weighted by atomic mass is 10.1. The smallest absolute Gasteiger partial charge is 0.303 e. The van der Waals surface area contributed by atoms with Gasteiger partial charge in [0.2, 0.25) is 0 Å². The lowest BCUT2D eigenvalue weighted by Gasteiger charge is -2.06. The van der Waals surface area contributed by atoms with Crippen molar-refractivity contribution in [3.05, 3.63) is 36.2 Å². The van der Waals surface area contributed by atoms with Crippen molar-refractivity contribution in [3.63, 3.8) is 0 Å². The molecule has 3 rings (SSSR count). The fraction of sp³-hybridized carbons (Fsp3) is 0. The second-order valence-corrected chi connectivity index (χ2v) is 7.23. The molecule has 0 aliphatic rings. The molecule has 4 N–H and O–H groups in total. The van der Waals surface area contributed by atoms with Crippen molar-refractivity contribution < 1.29 is 13.2 Å². The molecule has 22 heavy (non-hydrogen) atoms. The Bertz CT molecular complexity index is 1010. The Morgan fingerprint density at radius 3 is 2.64 bits per heavy atom. The first-order chi connectivity index (χ1) is 10.3. The molecule has 0 spiro atoms. The van der Waals surface area contributed by atoms with Gasteiger partial charge >= 0.3 is 10.2 Å². The number of thiazole rings is 1. The summed E-state index contributed by atoms with van der Waals surface area (Å²) in [4.78, 5) is 15.9. The molecule has 0 amide bonds. The summed E-state index contributed by atoms with van der Waals surface area (Å²) in [6.07, 6.45) is 1.18. The van der Waals surface area contributed by atoms with Crippen molar-refractivity contribution in [2.24, 2.45) is 5.14 Å². The third kappa shape index (κ3) is 2.37. The number of benzene rings is 1. The zero-order valence-corrected chi connectivity index (χ0v) is 13.2. The fourth-order valence-corrected chi connectivity index (χ4v) is 3.89. The Kier molecular flexibility index (Phi) is 3.44. The number of carbonyl (C=O) groups excluding carboxylic acids is 1. The van der Waals surface area contributed by atoms with Crippen molar-refractivity contribution in [1.29, 1.82) is 0 Å². The van der Waals surface area contributed by atoms with E-state index >= 15 is 0 Å². The van der Waals surface area contributed by atoms with E-state index in [1.54, 1.807) is 12.1 Å². The number of para-hydroxylation sites is 1. The molecular formula is C12H9ClN4O3S2. The van der Waals surface area contributed by atoms with E-state index in [9.17, 15) is 13.2 Å². The number of hydrogen-bond donors (Lipinski definition) is 2. The summed E-state index contributed by atoms with van der Waals surface area (Å²) in [5, 5.41) is 4.53. The summed E-state index contributed by atoms with van der Waals surface area (Å²) in [6.45, 7) is 0. The number of aromatic nitrogens is 2. The standard InChI is InChI=1S/C12H9ClN4O3S2/c13-11(18)10-7(4-5-17(10)22(15,19)20)6-2-1-3-8-9(6)16-12(14)21-8/h1-5H,(H2,14,16)(H2,15,19,20). The van der Waals surface area contributed by atoms with Gasteiger partial charge in [-0.2, -0.15) is 8.42 Å². The molecule has 0 aliphatic carbocycles. The van der Waals surface area contributed by atoms with Crippen molar-refractivity contribution in [3.8, 4) is 11.1 Å². The van der Waals surface area contributed by atoms with Crippen molar-refractivity contribution in [2.45, 2.75) is 0 Å². The third-order valence-corrected chi connectivity index (χ3v) is 4.92. The Morgan fingerprint density at radius 2 is 2.00 bits per heavy atom. The van der Waals surface area contributed by atoms with Gasteiger partial charge in [-0.25, -0.2) is 14.1 Å². The lowest BCUT2D eigenvalue weighted by molar-refractivity contribution is 0.107. The number of nitrogens with two attached hydrogens (primary N) is 2. The van der Waals surface area contributed by atoms with E-state index in [4.69, 9.17) is 22.5 Å². The van der Waals surface area contributed by atoms with Gasteiger partial charge in [-0.3, -0.25) is 4.79 Å². The highest BCUT2D eigenvalue weighted by molar-refractivity contribution is 7.87. The van der Waals surface area contributed by atoms with Crippen molar-refractivity contribution in [1.82, 2.24) is 8.96 Å². The van der Waals surface area contributed by atoms with Crippen LogP contribution in [-0.2, 0) is 10.2 Å². The van der Waals surface area contributed by atoms with Gasteiger partial charge in [0.25, 0.3) is 5.24 Å². The van der Waals surface area contributed by atoms with E-state index < -0.39 is 15.5 Å². The van der Waals surface area contributed by atoms with Crippen molar-refractivity contribution in [2.75, 3.05) is 5.73 Å². The van der Waals surface area contributed by atoms with Gasteiger partial charge in [-0.05, 0) is 23.7 Å². The summed E-state index contributed by atoms with van der Waals surface area (Å²) < 4.78 is 24.6. The maximum Gasteiger partial charge on any atom is 0.303 e. The molecule has 2 aromatic heterocycles. The number of carbonyl (C=O) groups is 1. The van der Waals surface area contributed by atoms with Crippen LogP contribution < -0.4 is 10.9 Å². The predicted molar refractivity (Wildman–Crippen MR) is 86.1 cm³/mol. The minimum Gasteiger partial charge on any atom is -0.375 e. The summed E-state index contributed by atoms with van der Waals surface area (Å²) >= 11 is 6.83. The fourth-order valence-electron chi connectivity index (χ4n) is 2.22. The molecule has 0 aliphatic heterocycles. The van der Waals surface area contributed by atoms with Gasteiger partial charge in [-0.15, -0.1) is 0 Å². The predicted octanol–water partition coefficient (Wildman–Crippen LogP) is 1.78. The van der Waals surface area contributed by atoms with Crippen LogP contribution in [-0.4, -0.2) is 22.6 Å². The zero-order valence-electron chi connectivity index (χ0n) is 10.9. The first-order valence-corrected chi connectivity index (χ1v) is 8.58. The molecule has 0 atom stereocenters. The van der Waals surface area contributed by atoms with Crippen LogP contribution in [0.4, 0.5) is 5.13 Å². The number of fused-ring (bicyclic) bond motifs is 1. The quantitative estimate of drug-likeness (QED) is 0.693. The summed E-state index contributed by atoms with van der Waals surface area (Å²) in [7, 11) is -4.14. The Hall–Kier alpha value is -1.94. The summed E-state index contributed by atoms with van der Waals surface area (Å²) in [5.41, 5.74) is 6.91. The van der Waals surface area contributed by atoms with E-state index in [2.05, 4.69) is 4.98 Å². The first-order valence-electron chi connectivity index (χ1n) is 5.89. The molecule has 0 bridgehead atoms. The van der Waals surface area contributed by atoms with E-state index in [1.807, 2.05) is 6.07 Å². The van der Waals surface area contributed by atoms with E-state index in [0.29, 0.717) is 25.7 Å². The minimum atomic E-state index is -4.14. The molecule has 7 nitrogen and oxygen atoms in total. The molecule has 1 aromatic carbocycles. The second-order valence-electron chi connectivity index (χ2n) is 4.40. The highest BCUT2D eigenvalue weighted by atomic mass is 35.5. The van der Waals surface area contributed by atoms with Crippen LogP contribution in [0.2, 0.25) is 0 Å². The van der Waals surface area contributed by atoms with Crippen LogP contribution in [0.25, 0.3) is 21.3 Å². The molecule has 0 saturated carbocycles. The number of rotatable bonds is 3. The van der Waals surface area contributed by atoms with E-state index in [0.717, 1.165) is 4.70 Å². The number of halogens is 1. The molecule has 0 radical (unpaired) electrons. The molecule has 0 saturated heterocycles. The summed E-state index contributed by atoms with van der Waals surface area (Å²) in [5.74, 6) is 0. The van der Waals surface area contributed by atoms with E-state index in [-0.39, 0.29) is 5.69 Å². The van der Waals surface area contributed by atoms with Gasteiger partial charge in [0.15, 0.2) is 5.13 Å². The average Bonchev–Trinajstić information content (AvgIpc) is 2.98. The number of hydrogen-bond acceptors (Lipinski definition) is 6. The van der Waals surface area contributed by atoms with Gasteiger partial charge in [0, 0.05) is 17.3 Å². The molecule has 10 heteroatoms. The Labute approximate surface area is 134 Å². The third-order valence-electron chi connectivity index (χ3n) is 3.04. The number of nitrogen functional groups attached to an aromatic ring is 1. The SMILES string of the molecule is Nc1nc2c(-c3ccn(S(N)(=O)=O)c3C(=O)Cl)cccc2s1. The molecule has 0 fully saturated rings. The van der Waals surface area contributed by atoms with Gasteiger partial charge in [0.05, 0.1) is 10.2 Å². The maximum atomic E-state index is 11.7. The van der Waals surface area contributed by atoms with Crippen LogP contribution in [0.5, 0.6) is 0 Å². The monoisotopic (exact) mass is 356 g/mol. The summed E-state index contributed by atoms with van der Waals surface area (Å²) in [6, 6.07) is 6.73. The minimum absolute atomic E-state index is 0.233. The largest absolute Gasteiger partial charge is 0.375 e. The topological polar surface area (TPSA) is 121 Å². The number of anilines is 1. The molecule has 3 aromatic rings. The molecule has 0 unspecified atom stereocenters.